The largest absolute Gasteiger partial charge is 0.396 e. The molecular weight excluding hydrogens is 336 g/mol. The molecule has 0 spiro atoms. The Bertz CT molecular complexity index is 666. The number of H-pyrrole nitrogens is 1. The van der Waals surface area contributed by atoms with Crippen LogP contribution >= 0.6 is 11.3 Å². The van der Waals surface area contributed by atoms with Gasteiger partial charge in [0.05, 0.1) is 16.7 Å². The van der Waals surface area contributed by atoms with Crippen LogP contribution in [0.25, 0.3) is 10.6 Å². The standard InChI is InChI=1S/C18H26N4O2S/c23-12-13-4-7-22(8-5-13)16-10-21(11-17(16)24)9-14-1-2-18(25-14)15-3-6-19-20-15/h1-3,6,13,16-17,23-24H,4-5,7-12H2,(H,19,20)/t16-,17-/m1/s1. The predicted molar refractivity (Wildman–Crippen MR) is 98.4 cm³/mol. The molecule has 0 aromatic carbocycles. The molecule has 7 heteroatoms. The van der Waals surface area contributed by atoms with E-state index in [0.717, 1.165) is 51.3 Å². The zero-order valence-electron chi connectivity index (χ0n) is 14.3. The van der Waals surface area contributed by atoms with Gasteiger partial charge in [0, 0.05) is 43.4 Å². The number of hydrogen-bond acceptors (Lipinski definition) is 6. The maximum absolute atomic E-state index is 10.5. The second-order valence-corrected chi connectivity index (χ2v) is 8.40. The molecule has 0 aliphatic carbocycles. The Morgan fingerprint density at radius 3 is 2.76 bits per heavy atom. The van der Waals surface area contributed by atoms with Gasteiger partial charge >= 0.3 is 0 Å². The Balaban J connectivity index is 1.34. The number of rotatable bonds is 5. The van der Waals surface area contributed by atoms with Crippen LogP contribution < -0.4 is 0 Å². The van der Waals surface area contributed by atoms with Crippen LogP contribution in [-0.4, -0.2) is 75.1 Å². The molecule has 0 bridgehead atoms. The van der Waals surface area contributed by atoms with E-state index in [1.807, 2.05) is 6.07 Å². The Hall–Kier alpha value is -1.25. The highest BCUT2D eigenvalue weighted by atomic mass is 32.1. The molecule has 0 radical (unpaired) electrons. The number of thiophene rings is 1. The predicted octanol–water partition coefficient (Wildman–Crippen LogP) is 1.39. The highest BCUT2D eigenvalue weighted by Crippen LogP contribution is 2.29. The Morgan fingerprint density at radius 2 is 2.04 bits per heavy atom. The minimum atomic E-state index is -0.280. The molecule has 3 N–H and O–H groups in total. The van der Waals surface area contributed by atoms with Crippen molar-refractivity contribution < 1.29 is 10.2 Å². The van der Waals surface area contributed by atoms with Crippen molar-refractivity contribution in [3.05, 3.63) is 29.3 Å². The van der Waals surface area contributed by atoms with Crippen molar-refractivity contribution in [1.82, 2.24) is 20.0 Å². The Labute approximate surface area is 152 Å². The molecule has 2 aliphatic heterocycles. The quantitative estimate of drug-likeness (QED) is 0.749. The molecule has 2 atom stereocenters. The van der Waals surface area contributed by atoms with Gasteiger partial charge in [-0.3, -0.25) is 14.9 Å². The van der Waals surface area contributed by atoms with Gasteiger partial charge in [0.15, 0.2) is 0 Å². The van der Waals surface area contributed by atoms with Crippen LogP contribution in [0.5, 0.6) is 0 Å². The second kappa shape index (κ2) is 7.55. The molecule has 2 saturated heterocycles. The first-order valence-electron chi connectivity index (χ1n) is 9.06. The summed E-state index contributed by atoms with van der Waals surface area (Å²) in [6.07, 6.45) is 3.57. The van der Waals surface area contributed by atoms with Crippen molar-refractivity contribution in [3.63, 3.8) is 0 Å². The van der Waals surface area contributed by atoms with Crippen molar-refractivity contribution in [3.8, 4) is 10.6 Å². The lowest BCUT2D eigenvalue weighted by molar-refractivity contribution is 0.0487. The third-order valence-corrected chi connectivity index (χ3v) is 6.62. The number of aromatic nitrogens is 2. The number of likely N-dealkylation sites (tertiary alicyclic amines) is 2. The first kappa shape index (κ1) is 17.2. The summed E-state index contributed by atoms with van der Waals surface area (Å²) in [5.74, 6) is 0.443. The second-order valence-electron chi connectivity index (χ2n) is 7.23. The topological polar surface area (TPSA) is 75.6 Å². The lowest BCUT2D eigenvalue weighted by Gasteiger charge is -2.36. The molecule has 2 fully saturated rings. The zero-order chi connectivity index (χ0) is 17.2. The maximum atomic E-state index is 10.5. The van der Waals surface area contributed by atoms with Crippen LogP contribution in [0, 0.1) is 5.92 Å². The van der Waals surface area contributed by atoms with E-state index in [2.05, 4.69) is 32.1 Å². The van der Waals surface area contributed by atoms with Crippen LogP contribution in [0.3, 0.4) is 0 Å². The zero-order valence-corrected chi connectivity index (χ0v) is 15.2. The summed E-state index contributed by atoms with van der Waals surface area (Å²) in [6, 6.07) is 6.53. The van der Waals surface area contributed by atoms with E-state index in [1.54, 1.807) is 17.5 Å². The third-order valence-electron chi connectivity index (χ3n) is 5.52. The van der Waals surface area contributed by atoms with Crippen LogP contribution in [-0.2, 0) is 6.54 Å². The monoisotopic (exact) mass is 362 g/mol. The third kappa shape index (κ3) is 3.80. The lowest BCUT2D eigenvalue weighted by atomic mass is 9.96. The van der Waals surface area contributed by atoms with Crippen molar-refractivity contribution >= 4 is 11.3 Å². The van der Waals surface area contributed by atoms with E-state index in [1.165, 1.54) is 9.75 Å². The van der Waals surface area contributed by atoms with Crippen molar-refractivity contribution in [2.24, 2.45) is 5.92 Å². The fourth-order valence-electron chi connectivity index (χ4n) is 4.02. The molecule has 25 heavy (non-hydrogen) atoms. The first-order chi connectivity index (χ1) is 12.2. The Morgan fingerprint density at radius 1 is 1.20 bits per heavy atom. The van der Waals surface area contributed by atoms with Crippen LogP contribution in [0.1, 0.15) is 17.7 Å². The van der Waals surface area contributed by atoms with E-state index in [-0.39, 0.29) is 12.1 Å². The Kier molecular flexibility index (Phi) is 5.19. The van der Waals surface area contributed by atoms with Crippen LogP contribution in [0.2, 0.25) is 0 Å². The maximum Gasteiger partial charge on any atom is 0.0834 e. The van der Waals surface area contributed by atoms with Crippen molar-refractivity contribution in [1.29, 1.82) is 0 Å². The average Bonchev–Trinajstić information content (AvgIpc) is 3.36. The first-order valence-corrected chi connectivity index (χ1v) is 9.88. The minimum absolute atomic E-state index is 0.228. The molecule has 2 aromatic rings. The summed E-state index contributed by atoms with van der Waals surface area (Å²) >= 11 is 1.78. The number of aliphatic hydroxyl groups excluding tert-OH is 2. The van der Waals surface area contributed by atoms with Gasteiger partial charge in [-0.25, -0.2) is 0 Å². The van der Waals surface area contributed by atoms with Gasteiger partial charge < -0.3 is 10.2 Å². The molecule has 2 aliphatic rings. The molecule has 136 valence electrons. The molecule has 4 rings (SSSR count). The highest BCUT2D eigenvalue weighted by Gasteiger charge is 2.36. The SMILES string of the molecule is OCC1CCN([C@@H]2CN(Cc3ccc(-c4ccn[nH]4)s3)C[C@H]2O)CC1. The minimum Gasteiger partial charge on any atom is -0.396 e. The smallest absolute Gasteiger partial charge is 0.0834 e. The van der Waals surface area contributed by atoms with Crippen molar-refractivity contribution in [2.45, 2.75) is 31.5 Å². The van der Waals surface area contributed by atoms with Gasteiger partial charge in [-0.2, -0.15) is 5.10 Å². The van der Waals surface area contributed by atoms with E-state index in [0.29, 0.717) is 12.5 Å². The number of aliphatic hydroxyl groups is 2. The summed E-state index contributed by atoms with van der Waals surface area (Å²) < 4.78 is 0. The number of nitrogens with one attached hydrogen (secondary N) is 1. The fourth-order valence-corrected chi connectivity index (χ4v) is 5.05. The number of aromatic amines is 1. The summed E-state index contributed by atoms with van der Waals surface area (Å²) in [4.78, 5) is 7.29. The van der Waals surface area contributed by atoms with Crippen LogP contribution in [0.4, 0.5) is 0 Å². The molecule has 0 saturated carbocycles. The number of β-amino-alcohol motifs (C(OH)–C–C–N with tert-alkyl or cyclic N) is 1. The van der Waals surface area contributed by atoms with E-state index >= 15 is 0 Å². The molecule has 6 nitrogen and oxygen atoms in total. The summed E-state index contributed by atoms with van der Waals surface area (Å²) in [5, 5.41) is 26.8. The van der Waals surface area contributed by atoms with E-state index < -0.39 is 0 Å². The van der Waals surface area contributed by atoms with Gasteiger partial charge in [-0.15, -0.1) is 11.3 Å². The number of hydrogen-bond donors (Lipinski definition) is 3. The summed E-state index contributed by atoms with van der Waals surface area (Å²) in [7, 11) is 0. The lowest BCUT2D eigenvalue weighted by Crippen LogP contribution is -2.47. The van der Waals surface area contributed by atoms with Gasteiger partial charge in [-0.1, -0.05) is 0 Å². The molecule has 2 aromatic heterocycles. The molecule has 4 heterocycles. The average molecular weight is 362 g/mol. The van der Waals surface area contributed by atoms with E-state index in [4.69, 9.17) is 0 Å². The van der Waals surface area contributed by atoms with Gasteiger partial charge in [-0.05, 0) is 50.0 Å². The molecule has 0 amide bonds. The number of nitrogens with zero attached hydrogens (tertiary/aromatic N) is 3. The van der Waals surface area contributed by atoms with E-state index in [9.17, 15) is 10.2 Å². The van der Waals surface area contributed by atoms with Gasteiger partial charge in [0.2, 0.25) is 0 Å². The molecule has 0 unspecified atom stereocenters. The van der Waals surface area contributed by atoms with Crippen molar-refractivity contribution in [2.75, 3.05) is 32.8 Å². The van der Waals surface area contributed by atoms with Gasteiger partial charge in [0.25, 0.3) is 0 Å². The van der Waals surface area contributed by atoms with Crippen LogP contribution in [0.15, 0.2) is 24.4 Å². The van der Waals surface area contributed by atoms with Gasteiger partial charge in [0.1, 0.15) is 0 Å². The normalized spacial score (nSPS) is 26.5. The number of piperidine rings is 1. The molecular formula is C18H26N4O2S. The fraction of sp³-hybridized carbons (Fsp3) is 0.611. The summed E-state index contributed by atoms with van der Waals surface area (Å²) in [6.45, 7) is 4.82. The highest BCUT2D eigenvalue weighted by molar-refractivity contribution is 7.15. The summed E-state index contributed by atoms with van der Waals surface area (Å²) in [5.41, 5.74) is 1.06.